The number of nitrogens with one attached hydrogen (secondary N) is 1. The zero-order chi connectivity index (χ0) is 20.0. The van der Waals surface area contributed by atoms with Crippen LogP contribution in [0.3, 0.4) is 0 Å². The summed E-state index contributed by atoms with van der Waals surface area (Å²) in [7, 11) is 3.04. The predicted molar refractivity (Wildman–Crippen MR) is 104 cm³/mol. The fraction of sp³-hybridized carbons (Fsp3) is 0.300. The van der Waals surface area contributed by atoms with Crippen LogP contribution in [-0.2, 0) is 20.7 Å². The maximum absolute atomic E-state index is 12.3. The van der Waals surface area contributed by atoms with E-state index in [4.69, 9.17) is 25.8 Å². The molecule has 0 aromatic heterocycles. The second-order valence-corrected chi connectivity index (χ2v) is 6.37. The summed E-state index contributed by atoms with van der Waals surface area (Å²) in [6.45, 7) is 3.43. The average Bonchev–Trinajstić information content (AvgIpc) is 2.62. The van der Waals surface area contributed by atoms with Crippen LogP contribution >= 0.6 is 11.6 Å². The summed E-state index contributed by atoms with van der Waals surface area (Å²) in [6.07, 6.45) is -0.953. The molecule has 0 saturated heterocycles. The van der Waals surface area contributed by atoms with Gasteiger partial charge in [-0.25, -0.2) is 0 Å². The molecule has 1 amide bonds. The Balaban J connectivity index is 1.96. The second kappa shape index (κ2) is 9.28. The maximum atomic E-state index is 12.3. The Morgan fingerprint density at radius 3 is 2.37 bits per heavy atom. The number of benzene rings is 2. The third-order valence-electron chi connectivity index (χ3n) is 3.87. The highest BCUT2D eigenvalue weighted by atomic mass is 35.5. The fourth-order valence-corrected chi connectivity index (χ4v) is 2.74. The van der Waals surface area contributed by atoms with Crippen molar-refractivity contribution in [3.63, 3.8) is 0 Å². The number of ether oxygens (including phenoxy) is 3. The molecule has 0 aliphatic heterocycles. The predicted octanol–water partition coefficient (Wildman–Crippen LogP) is 3.78. The Morgan fingerprint density at radius 2 is 1.74 bits per heavy atom. The Labute approximate surface area is 163 Å². The first kappa shape index (κ1) is 20.6. The number of methoxy groups -OCH3 is 2. The smallest absolute Gasteiger partial charge is 0.311 e. The molecule has 144 valence electrons. The Hall–Kier alpha value is -2.73. The van der Waals surface area contributed by atoms with Crippen molar-refractivity contribution in [2.24, 2.45) is 0 Å². The van der Waals surface area contributed by atoms with Crippen molar-refractivity contribution < 1.29 is 23.8 Å². The molecule has 7 heteroatoms. The van der Waals surface area contributed by atoms with E-state index in [9.17, 15) is 9.59 Å². The van der Waals surface area contributed by atoms with E-state index in [1.807, 2.05) is 19.1 Å². The van der Waals surface area contributed by atoms with Crippen molar-refractivity contribution in [1.29, 1.82) is 0 Å². The van der Waals surface area contributed by atoms with Crippen molar-refractivity contribution in [2.45, 2.75) is 26.4 Å². The maximum Gasteiger partial charge on any atom is 0.311 e. The minimum Gasteiger partial charge on any atom is -0.496 e. The summed E-state index contributed by atoms with van der Waals surface area (Å²) >= 11 is 6.03. The van der Waals surface area contributed by atoms with E-state index in [1.54, 1.807) is 24.3 Å². The highest BCUT2D eigenvalue weighted by molar-refractivity contribution is 6.32. The van der Waals surface area contributed by atoms with Gasteiger partial charge in [0.25, 0.3) is 5.91 Å². The first-order valence-corrected chi connectivity index (χ1v) is 8.69. The first-order chi connectivity index (χ1) is 12.8. The van der Waals surface area contributed by atoms with Crippen LogP contribution in [0.15, 0.2) is 36.4 Å². The van der Waals surface area contributed by atoms with E-state index in [0.717, 1.165) is 5.56 Å². The highest BCUT2D eigenvalue weighted by Gasteiger charge is 2.19. The highest BCUT2D eigenvalue weighted by Crippen LogP contribution is 2.27. The van der Waals surface area contributed by atoms with Gasteiger partial charge in [-0.3, -0.25) is 9.59 Å². The molecule has 0 aliphatic rings. The Kier molecular flexibility index (Phi) is 7.07. The number of carbonyl (C=O) groups is 2. The number of aryl methyl sites for hydroxylation is 1. The molecular weight excluding hydrogens is 370 g/mol. The van der Waals surface area contributed by atoms with Gasteiger partial charge in [0.2, 0.25) is 0 Å². The van der Waals surface area contributed by atoms with Crippen LogP contribution in [-0.4, -0.2) is 32.2 Å². The minimum atomic E-state index is -0.964. The Bertz CT molecular complexity index is 837. The van der Waals surface area contributed by atoms with Gasteiger partial charge in [-0.1, -0.05) is 29.3 Å². The molecule has 1 atom stereocenters. The molecule has 0 aliphatic carbocycles. The van der Waals surface area contributed by atoms with Crippen LogP contribution in [0.5, 0.6) is 11.5 Å². The summed E-state index contributed by atoms with van der Waals surface area (Å²) in [5.41, 5.74) is 2.19. The lowest BCUT2D eigenvalue weighted by molar-refractivity contribution is -0.152. The number of hydrogen-bond acceptors (Lipinski definition) is 5. The quantitative estimate of drug-likeness (QED) is 0.727. The number of carbonyl (C=O) groups excluding carboxylic acids is 2. The van der Waals surface area contributed by atoms with Crippen LogP contribution in [0.2, 0.25) is 5.02 Å². The van der Waals surface area contributed by atoms with Gasteiger partial charge in [0.1, 0.15) is 11.5 Å². The standard InChI is InChI=1S/C20H22ClNO5/c1-12-5-7-17(25-3)14(9-12)10-19(23)27-13(2)20(24)22-15-6-8-18(26-4)16(21)11-15/h5-9,11,13H,10H2,1-4H3,(H,22,24)/t13-/m1/s1. The summed E-state index contributed by atoms with van der Waals surface area (Å²) < 4.78 is 15.6. The van der Waals surface area contributed by atoms with E-state index in [0.29, 0.717) is 27.8 Å². The molecule has 1 N–H and O–H groups in total. The number of amides is 1. The summed E-state index contributed by atoms with van der Waals surface area (Å²) in [6, 6.07) is 10.4. The van der Waals surface area contributed by atoms with E-state index in [-0.39, 0.29) is 6.42 Å². The molecule has 0 heterocycles. The van der Waals surface area contributed by atoms with Crippen LogP contribution in [0, 0.1) is 6.92 Å². The summed E-state index contributed by atoms with van der Waals surface area (Å²) in [5, 5.41) is 3.02. The molecule has 0 unspecified atom stereocenters. The van der Waals surface area contributed by atoms with E-state index >= 15 is 0 Å². The summed E-state index contributed by atoms with van der Waals surface area (Å²) in [5.74, 6) is 0.124. The van der Waals surface area contributed by atoms with Gasteiger partial charge in [0, 0.05) is 11.3 Å². The molecule has 0 fully saturated rings. The molecule has 2 aromatic rings. The minimum absolute atomic E-state index is 0.0108. The molecule has 2 aromatic carbocycles. The number of anilines is 1. The molecular formula is C20H22ClNO5. The molecule has 2 rings (SSSR count). The number of halogens is 1. The van der Waals surface area contributed by atoms with Gasteiger partial charge < -0.3 is 19.5 Å². The second-order valence-electron chi connectivity index (χ2n) is 5.96. The van der Waals surface area contributed by atoms with Gasteiger partial charge in [-0.2, -0.15) is 0 Å². The molecule has 6 nitrogen and oxygen atoms in total. The SMILES string of the molecule is COc1ccc(NC(=O)[C@@H](C)OC(=O)Cc2cc(C)ccc2OC)cc1Cl. The number of hydrogen-bond donors (Lipinski definition) is 1. The van der Waals surface area contributed by atoms with Gasteiger partial charge in [-0.05, 0) is 38.1 Å². The van der Waals surface area contributed by atoms with Crippen LogP contribution in [0.4, 0.5) is 5.69 Å². The largest absolute Gasteiger partial charge is 0.496 e. The summed E-state index contributed by atoms with van der Waals surface area (Å²) in [4.78, 5) is 24.5. The fourth-order valence-electron chi connectivity index (χ4n) is 2.48. The van der Waals surface area contributed by atoms with Gasteiger partial charge in [0.15, 0.2) is 6.10 Å². The normalized spacial score (nSPS) is 11.4. The monoisotopic (exact) mass is 391 g/mol. The molecule has 0 saturated carbocycles. The lowest BCUT2D eigenvalue weighted by Crippen LogP contribution is -2.30. The number of rotatable bonds is 7. The van der Waals surface area contributed by atoms with Crippen LogP contribution in [0.25, 0.3) is 0 Å². The van der Waals surface area contributed by atoms with Gasteiger partial charge in [-0.15, -0.1) is 0 Å². The topological polar surface area (TPSA) is 73.9 Å². The lowest BCUT2D eigenvalue weighted by Gasteiger charge is -2.15. The zero-order valence-electron chi connectivity index (χ0n) is 15.7. The van der Waals surface area contributed by atoms with Crippen LogP contribution in [0.1, 0.15) is 18.1 Å². The molecule has 0 radical (unpaired) electrons. The van der Waals surface area contributed by atoms with Crippen molar-refractivity contribution in [2.75, 3.05) is 19.5 Å². The third-order valence-corrected chi connectivity index (χ3v) is 4.16. The number of esters is 1. The average molecular weight is 392 g/mol. The lowest BCUT2D eigenvalue weighted by atomic mass is 10.1. The van der Waals surface area contributed by atoms with Crippen LogP contribution < -0.4 is 14.8 Å². The van der Waals surface area contributed by atoms with E-state index < -0.39 is 18.0 Å². The van der Waals surface area contributed by atoms with E-state index in [2.05, 4.69) is 5.32 Å². The molecule has 0 bridgehead atoms. The third kappa shape index (κ3) is 5.62. The zero-order valence-corrected chi connectivity index (χ0v) is 16.4. The molecule has 0 spiro atoms. The van der Waals surface area contributed by atoms with Gasteiger partial charge >= 0.3 is 5.97 Å². The van der Waals surface area contributed by atoms with Crippen molar-refractivity contribution >= 4 is 29.2 Å². The van der Waals surface area contributed by atoms with Crippen molar-refractivity contribution in [1.82, 2.24) is 0 Å². The van der Waals surface area contributed by atoms with E-state index in [1.165, 1.54) is 21.1 Å². The Morgan fingerprint density at radius 1 is 1.07 bits per heavy atom. The first-order valence-electron chi connectivity index (χ1n) is 8.31. The van der Waals surface area contributed by atoms with Gasteiger partial charge in [0.05, 0.1) is 25.7 Å². The van der Waals surface area contributed by atoms with Crippen molar-refractivity contribution in [3.05, 3.63) is 52.5 Å². The van der Waals surface area contributed by atoms with Crippen molar-refractivity contribution in [3.8, 4) is 11.5 Å². The molecule has 27 heavy (non-hydrogen) atoms.